The number of amides is 1. The third-order valence-corrected chi connectivity index (χ3v) is 5.32. The molecular formula is C16H25N3O5S. The van der Waals surface area contributed by atoms with E-state index >= 15 is 0 Å². The van der Waals surface area contributed by atoms with Crippen molar-refractivity contribution in [2.45, 2.75) is 4.90 Å². The van der Waals surface area contributed by atoms with Gasteiger partial charge in [0.25, 0.3) is 5.91 Å². The fraction of sp³-hybridized carbons (Fsp3) is 0.562. The van der Waals surface area contributed by atoms with Crippen molar-refractivity contribution in [2.75, 3.05) is 59.7 Å². The number of nitrogens with one attached hydrogen (secondary N) is 2. The Morgan fingerprint density at radius 2 is 1.88 bits per heavy atom. The van der Waals surface area contributed by atoms with Crippen molar-refractivity contribution in [3.05, 3.63) is 29.8 Å². The molecule has 140 valence electrons. The van der Waals surface area contributed by atoms with Crippen LogP contribution in [0.25, 0.3) is 0 Å². The van der Waals surface area contributed by atoms with Gasteiger partial charge >= 0.3 is 0 Å². The predicted octanol–water partition coefficient (Wildman–Crippen LogP) is -0.327. The number of carbonyl (C=O) groups is 1. The van der Waals surface area contributed by atoms with Gasteiger partial charge in [-0.3, -0.25) is 9.69 Å². The Kier molecular flexibility index (Phi) is 7.79. The highest BCUT2D eigenvalue weighted by Gasteiger charge is 2.15. The number of benzene rings is 1. The maximum atomic E-state index is 12.1. The molecule has 8 nitrogen and oxygen atoms in total. The molecule has 0 bridgehead atoms. The molecule has 0 aromatic heterocycles. The number of morpholine rings is 1. The molecule has 1 heterocycles. The lowest BCUT2D eigenvalue weighted by Crippen LogP contribution is -2.41. The smallest absolute Gasteiger partial charge is 0.251 e. The van der Waals surface area contributed by atoms with Crippen LogP contribution in [0.1, 0.15) is 10.4 Å². The van der Waals surface area contributed by atoms with Gasteiger partial charge in [0.1, 0.15) is 0 Å². The molecule has 0 spiro atoms. The van der Waals surface area contributed by atoms with Gasteiger partial charge in [0.05, 0.1) is 24.7 Å². The Morgan fingerprint density at radius 1 is 1.20 bits per heavy atom. The zero-order chi connectivity index (χ0) is 18.1. The van der Waals surface area contributed by atoms with Crippen molar-refractivity contribution in [1.82, 2.24) is 14.9 Å². The summed E-state index contributed by atoms with van der Waals surface area (Å²) in [7, 11) is -2.09. The SMILES string of the molecule is COCCNS(=O)(=O)c1ccc(C(=O)NCCN2CCOCC2)cc1. The summed E-state index contributed by atoms with van der Waals surface area (Å²) in [6.07, 6.45) is 0. The minimum Gasteiger partial charge on any atom is -0.383 e. The third kappa shape index (κ3) is 6.37. The van der Waals surface area contributed by atoms with E-state index in [1.54, 1.807) is 0 Å². The minimum absolute atomic E-state index is 0.119. The summed E-state index contributed by atoms with van der Waals surface area (Å²) in [4.78, 5) is 14.5. The fourth-order valence-electron chi connectivity index (χ4n) is 2.40. The Bertz CT molecular complexity index is 642. The van der Waals surface area contributed by atoms with Gasteiger partial charge in [-0.25, -0.2) is 13.1 Å². The van der Waals surface area contributed by atoms with Crippen LogP contribution in [0.2, 0.25) is 0 Å². The molecule has 1 amide bonds. The van der Waals surface area contributed by atoms with E-state index in [1.807, 2.05) is 0 Å². The second-order valence-corrected chi connectivity index (χ2v) is 7.39. The van der Waals surface area contributed by atoms with Crippen LogP contribution in [0.5, 0.6) is 0 Å². The number of methoxy groups -OCH3 is 1. The van der Waals surface area contributed by atoms with Crippen LogP contribution < -0.4 is 10.0 Å². The normalized spacial score (nSPS) is 15.9. The summed E-state index contributed by atoms with van der Waals surface area (Å²) >= 11 is 0. The molecule has 1 aromatic rings. The van der Waals surface area contributed by atoms with Crippen molar-refractivity contribution < 1.29 is 22.7 Å². The molecule has 0 radical (unpaired) electrons. The average Bonchev–Trinajstić information content (AvgIpc) is 2.63. The Labute approximate surface area is 148 Å². The van der Waals surface area contributed by atoms with Crippen LogP contribution in [0.4, 0.5) is 0 Å². The van der Waals surface area contributed by atoms with Crippen LogP contribution in [-0.2, 0) is 19.5 Å². The molecule has 25 heavy (non-hydrogen) atoms. The first kappa shape index (κ1) is 19.8. The van der Waals surface area contributed by atoms with E-state index in [0.29, 0.717) is 18.7 Å². The van der Waals surface area contributed by atoms with Gasteiger partial charge in [-0.2, -0.15) is 0 Å². The molecule has 0 saturated carbocycles. The van der Waals surface area contributed by atoms with Crippen LogP contribution in [0, 0.1) is 0 Å². The summed E-state index contributed by atoms with van der Waals surface area (Å²) in [5.74, 6) is -0.218. The maximum absolute atomic E-state index is 12.1. The minimum atomic E-state index is -3.59. The molecule has 0 atom stereocenters. The van der Waals surface area contributed by atoms with E-state index in [-0.39, 0.29) is 17.3 Å². The Balaban J connectivity index is 1.82. The highest BCUT2D eigenvalue weighted by Crippen LogP contribution is 2.10. The summed E-state index contributed by atoms with van der Waals surface area (Å²) in [5, 5.41) is 2.84. The lowest BCUT2D eigenvalue weighted by Gasteiger charge is -2.26. The molecule has 1 aromatic carbocycles. The standard InChI is InChI=1S/C16H25N3O5S/c1-23-11-7-18-25(21,22)15-4-2-14(3-5-15)16(20)17-6-8-19-9-12-24-13-10-19/h2-5,18H,6-13H2,1H3,(H,17,20). The van der Waals surface area contributed by atoms with Gasteiger partial charge in [-0.05, 0) is 24.3 Å². The van der Waals surface area contributed by atoms with Gasteiger partial charge in [0.2, 0.25) is 10.0 Å². The Morgan fingerprint density at radius 3 is 2.52 bits per heavy atom. The first-order valence-electron chi connectivity index (χ1n) is 8.20. The lowest BCUT2D eigenvalue weighted by atomic mass is 10.2. The highest BCUT2D eigenvalue weighted by molar-refractivity contribution is 7.89. The molecule has 2 rings (SSSR count). The van der Waals surface area contributed by atoms with Crippen LogP contribution in [0.3, 0.4) is 0 Å². The third-order valence-electron chi connectivity index (χ3n) is 3.84. The summed E-state index contributed by atoms with van der Waals surface area (Å²) in [5.41, 5.74) is 0.429. The van der Waals surface area contributed by atoms with Crippen LogP contribution in [-0.4, -0.2) is 78.9 Å². The number of sulfonamides is 1. The zero-order valence-electron chi connectivity index (χ0n) is 14.4. The van der Waals surface area contributed by atoms with Gasteiger partial charge in [-0.1, -0.05) is 0 Å². The van der Waals surface area contributed by atoms with Gasteiger partial charge < -0.3 is 14.8 Å². The first-order chi connectivity index (χ1) is 12.0. The van der Waals surface area contributed by atoms with E-state index in [4.69, 9.17) is 9.47 Å². The van der Waals surface area contributed by atoms with Crippen LogP contribution >= 0.6 is 0 Å². The Hall–Kier alpha value is -1.52. The molecular weight excluding hydrogens is 346 g/mol. The zero-order valence-corrected chi connectivity index (χ0v) is 15.2. The van der Waals surface area contributed by atoms with E-state index in [9.17, 15) is 13.2 Å². The summed E-state index contributed by atoms with van der Waals surface area (Å²) < 4.78 is 36.6. The first-order valence-corrected chi connectivity index (χ1v) is 9.68. The average molecular weight is 371 g/mol. The monoisotopic (exact) mass is 371 g/mol. The van der Waals surface area contributed by atoms with Crippen LogP contribution in [0.15, 0.2) is 29.2 Å². The van der Waals surface area contributed by atoms with E-state index in [1.165, 1.54) is 31.4 Å². The molecule has 1 fully saturated rings. The van der Waals surface area contributed by atoms with Gasteiger partial charge in [0.15, 0.2) is 0 Å². The lowest BCUT2D eigenvalue weighted by molar-refractivity contribution is 0.0383. The highest BCUT2D eigenvalue weighted by atomic mass is 32.2. The maximum Gasteiger partial charge on any atom is 0.251 e. The molecule has 9 heteroatoms. The second-order valence-electron chi connectivity index (χ2n) is 5.62. The number of carbonyl (C=O) groups excluding carboxylic acids is 1. The molecule has 0 unspecified atom stereocenters. The second kappa shape index (κ2) is 9.83. The van der Waals surface area contributed by atoms with Crippen molar-refractivity contribution in [1.29, 1.82) is 0 Å². The summed E-state index contributed by atoms with van der Waals surface area (Å²) in [6, 6.07) is 5.86. The van der Waals surface area contributed by atoms with E-state index in [2.05, 4.69) is 14.9 Å². The number of hydrogen-bond donors (Lipinski definition) is 2. The molecule has 0 aliphatic carbocycles. The predicted molar refractivity (Wildman–Crippen MR) is 93.1 cm³/mol. The number of rotatable bonds is 9. The van der Waals surface area contributed by atoms with Crippen molar-refractivity contribution >= 4 is 15.9 Å². The van der Waals surface area contributed by atoms with Crippen molar-refractivity contribution in [3.8, 4) is 0 Å². The van der Waals surface area contributed by atoms with E-state index in [0.717, 1.165) is 32.8 Å². The molecule has 1 saturated heterocycles. The van der Waals surface area contributed by atoms with E-state index < -0.39 is 10.0 Å². The molecule has 1 aliphatic rings. The topological polar surface area (TPSA) is 97.0 Å². The largest absolute Gasteiger partial charge is 0.383 e. The van der Waals surface area contributed by atoms with Crippen molar-refractivity contribution in [2.24, 2.45) is 0 Å². The van der Waals surface area contributed by atoms with Crippen molar-refractivity contribution in [3.63, 3.8) is 0 Å². The van der Waals surface area contributed by atoms with Gasteiger partial charge in [0, 0.05) is 45.4 Å². The molecule has 2 N–H and O–H groups in total. The molecule has 1 aliphatic heterocycles. The number of ether oxygens (including phenoxy) is 2. The van der Waals surface area contributed by atoms with Gasteiger partial charge in [-0.15, -0.1) is 0 Å². The fourth-order valence-corrected chi connectivity index (χ4v) is 3.41. The number of nitrogens with zero attached hydrogens (tertiary/aromatic N) is 1. The quantitative estimate of drug-likeness (QED) is 0.577. The number of hydrogen-bond acceptors (Lipinski definition) is 6. The summed E-state index contributed by atoms with van der Waals surface area (Å²) in [6.45, 7) is 5.00.